The summed E-state index contributed by atoms with van der Waals surface area (Å²) in [6, 6.07) is 0. The summed E-state index contributed by atoms with van der Waals surface area (Å²) in [7, 11) is 0. The number of nitrogens with one attached hydrogen (secondary N) is 1. The highest BCUT2D eigenvalue weighted by molar-refractivity contribution is 7.15. The van der Waals surface area contributed by atoms with Crippen LogP contribution in [0.4, 0.5) is 0 Å². The molecule has 3 rings (SSSR count). The Morgan fingerprint density at radius 1 is 1.60 bits per heavy atom. The molecule has 0 bridgehead atoms. The summed E-state index contributed by atoms with van der Waals surface area (Å²) in [5.74, 6) is -0.428. The molecule has 0 aliphatic heterocycles. The summed E-state index contributed by atoms with van der Waals surface area (Å²) < 4.78 is 1.44. The van der Waals surface area contributed by atoms with Crippen molar-refractivity contribution in [2.24, 2.45) is 5.41 Å². The Bertz CT molecular complexity index is 730. The van der Waals surface area contributed by atoms with Gasteiger partial charge in [-0.05, 0) is 19.8 Å². The van der Waals surface area contributed by atoms with Crippen LogP contribution in [-0.2, 0) is 0 Å². The van der Waals surface area contributed by atoms with Gasteiger partial charge in [-0.25, -0.2) is 4.98 Å². The Hall–Kier alpha value is -1.73. The molecular weight excluding hydrogens is 278 g/mol. The van der Waals surface area contributed by atoms with Gasteiger partial charge in [0.15, 0.2) is 4.96 Å². The quantitative estimate of drug-likeness (QED) is 0.863. The van der Waals surface area contributed by atoms with Gasteiger partial charge in [0.2, 0.25) is 0 Å². The number of rotatable bonds is 4. The predicted molar refractivity (Wildman–Crippen MR) is 75.2 cm³/mol. The molecular formula is C13H15N3O3S. The number of thiazole rings is 1. The lowest BCUT2D eigenvalue weighted by molar-refractivity contribution is 0.0933. The minimum absolute atomic E-state index is 0.0396. The lowest BCUT2D eigenvalue weighted by Gasteiger charge is -2.12. The van der Waals surface area contributed by atoms with Crippen molar-refractivity contribution in [1.82, 2.24) is 14.7 Å². The number of hydrogen-bond donors (Lipinski definition) is 2. The molecule has 7 heteroatoms. The van der Waals surface area contributed by atoms with Gasteiger partial charge in [0.25, 0.3) is 11.5 Å². The smallest absolute Gasteiger partial charge is 0.271 e. The maximum absolute atomic E-state index is 12.3. The Labute approximate surface area is 119 Å². The zero-order valence-electron chi connectivity index (χ0n) is 11.0. The molecule has 6 nitrogen and oxygen atoms in total. The van der Waals surface area contributed by atoms with Crippen molar-refractivity contribution < 1.29 is 9.90 Å². The summed E-state index contributed by atoms with van der Waals surface area (Å²) in [6.45, 7) is 2.26. The Morgan fingerprint density at radius 3 is 3.00 bits per heavy atom. The summed E-state index contributed by atoms with van der Waals surface area (Å²) in [4.78, 5) is 29.1. The average Bonchev–Trinajstić information content (AvgIpc) is 3.14. The maximum Gasteiger partial charge on any atom is 0.271 e. The van der Waals surface area contributed by atoms with Gasteiger partial charge in [0.05, 0.1) is 6.61 Å². The lowest BCUT2D eigenvalue weighted by atomic mass is 10.1. The van der Waals surface area contributed by atoms with Crippen molar-refractivity contribution in [3.63, 3.8) is 0 Å². The number of nitrogens with zero attached hydrogens (tertiary/aromatic N) is 2. The SMILES string of the molecule is Cc1csc2ncc(C(=O)NCC3(CO)CC3)c(=O)n12. The van der Waals surface area contributed by atoms with E-state index in [1.807, 2.05) is 5.38 Å². The van der Waals surface area contributed by atoms with E-state index in [4.69, 9.17) is 0 Å². The number of amides is 1. The van der Waals surface area contributed by atoms with Gasteiger partial charge < -0.3 is 10.4 Å². The average molecular weight is 293 g/mol. The molecule has 2 aromatic heterocycles. The zero-order chi connectivity index (χ0) is 14.3. The number of fused-ring (bicyclic) bond motifs is 1. The van der Waals surface area contributed by atoms with E-state index in [-0.39, 0.29) is 23.1 Å². The molecule has 1 amide bonds. The molecule has 106 valence electrons. The molecule has 1 aliphatic rings. The van der Waals surface area contributed by atoms with Gasteiger partial charge in [0.1, 0.15) is 5.56 Å². The van der Waals surface area contributed by atoms with Crippen molar-refractivity contribution in [3.05, 3.63) is 33.2 Å². The lowest BCUT2D eigenvalue weighted by Crippen LogP contribution is -2.36. The highest BCUT2D eigenvalue weighted by atomic mass is 32.1. The fraction of sp³-hybridized carbons (Fsp3) is 0.462. The van der Waals surface area contributed by atoms with Gasteiger partial charge in [-0.15, -0.1) is 11.3 Å². The summed E-state index contributed by atoms with van der Waals surface area (Å²) in [6.07, 6.45) is 3.13. The van der Waals surface area contributed by atoms with Gasteiger partial charge >= 0.3 is 0 Å². The van der Waals surface area contributed by atoms with Crippen LogP contribution in [0.25, 0.3) is 4.96 Å². The highest BCUT2D eigenvalue weighted by Crippen LogP contribution is 2.44. The van der Waals surface area contributed by atoms with Crippen LogP contribution in [0.5, 0.6) is 0 Å². The zero-order valence-corrected chi connectivity index (χ0v) is 11.9. The topological polar surface area (TPSA) is 83.7 Å². The molecule has 0 saturated heterocycles. The van der Waals surface area contributed by atoms with Crippen LogP contribution in [0.2, 0.25) is 0 Å². The van der Waals surface area contributed by atoms with Crippen LogP contribution in [0.1, 0.15) is 28.9 Å². The van der Waals surface area contributed by atoms with E-state index in [1.165, 1.54) is 21.9 Å². The van der Waals surface area contributed by atoms with E-state index in [9.17, 15) is 14.7 Å². The number of carbonyl (C=O) groups is 1. The van der Waals surface area contributed by atoms with Crippen LogP contribution < -0.4 is 10.9 Å². The second-order valence-electron chi connectivity index (χ2n) is 5.31. The molecule has 1 saturated carbocycles. The third-order valence-electron chi connectivity index (χ3n) is 3.78. The van der Waals surface area contributed by atoms with Crippen molar-refractivity contribution in [1.29, 1.82) is 0 Å². The normalized spacial score (nSPS) is 16.3. The minimum Gasteiger partial charge on any atom is -0.396 e. The number of aliphatic hydroxyl groups excluding tert-OH is 1. The van der Waals surface area contributed by atoms with Crippen molar-refractivity contribution >= 4 is 22.2 Å². The second kappa shape index (κ2) is 4.68. The van der Waals surface area contributed by atoms with Crippen molar-refractivity contribution in [2.45, 2.75) is 19.8 Å². The number of aryl methyl sites for hydroxylation is 1. The number of hydrogen-bond acceptors (Lipinski definition) is 5. The Kier molecular flexibility index (Phi) is 3.10. The molecule has 0 radical (unpaired) electrons. The van der Waals surface area contributed by atoms with Gasteiger partial charge in [0, 0.05) is 29.2 Å². The first kappa shape index (κ1) is 13.3. The standard InChI is InChI=1S/C13H15N3O3S/c1-8-5-20-12-14-4-9(11(19)16(8)12)10(18)15-6-13(7-17)2-3-13/h4-5,17H,2-3,6-7H2,1H3,(H,15,18). The summed E-state index contributed by atoms with van der Waals surface area (Å²) >= 11 is 1.37. The van der Waals surface area contributed by atoms with Gasteiger partial charge in [-0.3, -0.25) is 14.0 Å². The number of aliphatic hydroxyl groups is 1. The molecule has 0 spiro atoms. The molecule has 0 aromatic carbocycles. The third-order valence-corrected chi connectivity index (χ3v) is 4.74. The predicted octanol–water partition coefficient (Wildman–Crippen LogP) is 0.567. The largest absolute Gasteiger partial charge is 0.396 e. The highest BCUT2D eigenvalue weighted by Gasteiger charge is 2.42. The molecule has 1 aliphatic carbocycles. The summed E-state index contributed by atoms with van der Waals surface area (Å²) in [5.41, 5.74) is 0.283. The Balaban J connectivity index is 1.86. The van der Waals surface area contributed by atoms with E-state index in [2.05, 4.69) is 10.3 Å². The first-order chi connectivity index (χ1) is 9.56. The molecule has 0 unspecified atom stereocenters. The van der Waals surface area contributed by atoms with Gasteiger partial charge in [-0.1, -0.05) is 0 Å². The first-order valence-corrected chi connectivity index (χ1v) is 7.29. The van der Waals surface area contributed by atoms with Crippen LogP contribution in [0.3, 0.4) is 0 Å². The Morgan fingerprint density at radius 2 is 2.35 bits per heavy atom. The van der Waals surface area contributed by atoms with E-state index >= 15 is 0 Å². The van der Waals surface area contributed by atoms with Crippen molar-refractivity contribution in [2.75, 3.05) is 13.2 Å². The molecule has 2 N–H and O–H groups in total. The van der Waals surface area contributed by atoms with E-state index in [0.717, 1.165) is 18.5 Å². The molecule has 2 heterocycles. The fourth-order valence-corrected chi connectivity index (χ4v) is 2.94. The van der Waals surface area contributed by atoms with Crippen LogP contribution >= 0.6 is 11.3 Å². The second-order valence-corrected chi connectivity index (χ2v) is 6.15. The molecule has 2 aromatic rings. The van der Waals surface area contributed by atoms with Crippen LogP contribution in [-0.4, -0.2) is 33.6 Å². The van der Waals surface area contributed by atoms with E-state index in [0.29, 0.717) is 11.5 Å². The maximum atomic E-state index is 12.3. The minimum atomic E-state index is -0.428. The first-order valence-electron chi connectivity index (χ1n) is 6.41. The fourth-order valence-electron chi connectivity index (χ4n) is 2.11. The molecule has 0 atom stereocenters. The van der Waals surface area contributed by atoms with E-state index < -0.39 is 5.91 Å². The summed E-state index contributed by atoms with van der Waals surface area (Å²) in [5, 5.41) is 13.8. The van der Waals surface area contributed by atoms with Crippen molar-refractivity contribution in [3.8, 4) is 0 Å². The third kappa shape index (κ3) is 2.12. The van der Waals surface area contributed by atoms with Crippen LogP contribution in [0, 0.1) is 12.3 Å². The monoisotopic (exact) mass is 293 g/mol. The van der Waals surface area contributed by atoms with Gasteiger partial charge in [-0.2, -0.15) is 0 Å². The molecule has 20 heavy (non-hydrogen) atoms. The van der Waals surface area contributed by atoms with Crippen LogP contribution in [0.15, 0.2) is 16.4 Å². The molecule has 1 fully saturated rings. The number of carbonyl (C=O) groups excluding carboxylic acids is 1. The number of aromatic nitrogens is 2. The van der Waals surface area contributed by atoms with E-state index in [1.54, 1.807) is 6.92 Å².